The second kappa shape index (κ2) is 17.5. The van der Waals surface area contributed by atoms with Crippen LogP contribution in [0.3, 0.4) is 0 Å². The summed E-state index contributed by atoms with van der Waals surface area (Å²) in [5.74, 6) is 0.196. The lowest BCUT2D eigenvalue weighted by Crippen LogP contribution is -2.24. The van der Waals surface area contributed by atoms with Crippen LogP contribution in [0.4, 0.5) is 0 Å². The minimum Gasteiger partial charge on any atom is -0.385 e. The lowest BCUT2D eigenvalue weighted by molar-refractivity contribution is -0.121. The van der Waals surface area contributed by atoms with Crippen LogP contribution in [0.25, 0.3) is 0 Å². The van der Waals surface area contributed by atoms with Crippen LogP contribution in [0.5, 0.6) is 0 Å². The molecule has 0 atom stereocenters. The first-order valence-electron chi connectivity index (χ1n) is 9.07. The van der Waals surface area contributed by atoms with Gasteiger partial charge >= 0.3 is 0 Å². The number of amides is 1. The molecule has 3 heteroatoms. The maximum Gasteiger partial charge on any atom is 0.219 e. The molecule has 3 nitrogen and oxygen atoms in total. The number of unbranched alkanes of at least 4 members (excludes halogenated alkanes) is 10. The number of nitrogens with one attached hydrogen (secondary N) is 1. The summed E-state index contributed by atoms with van der Waals surface area (Å²) in [6, 6.07) is 0. The molecule has 0 radical (unpaired) electrons. The molecule has 0 heterocycles. The quantitative estimate of drug-likeness (QED) is 0.414. The van der Waals surface area contributed by atoms with Crippen LogP contribution < -0.4 is 5.32 Å². The first kappa shape index (κ1) is 20.4. The van der Waals surface area contributed by atoms with E-state index < -0.39 is 0 Å². The van der Waals surface area contributed by atoms with Crippen LogP contribution in [0.1, 0.15) is 90.4 Å². The zero-order chi connectivity index (χ0) is 15.6. The standard InChI is InChI=1S/C18H37NO2/c1-3-4-5-6-7-8-9-10-11-12-13-15-18(20)19-16-14-17-21-2/h3-17H2,1-2H3,(H,19,20). The molecular formula is C18H37NO2. The molecule has 21 heavy (non-hydrogen) atoms. The zero-order valence-electron chi connectivity index (χ0n) is 14.4. The average Bonchev–Trinajstić information content (AvgIpc) is 2.49. The smallest absolute Gasteiger partial charge is 0.219 e. The van der Waals surface area contributed by atoms with Gasteiger partial charge in [0, 0.05) is 26.7 Å². The molecule has 0 spiro atoms. The average molecular weight is 299 g/mol. The predicted molar refractivity (Wildman–Crippen MR) is 90.6 cm³/mol. The highest BCUT2D eigenvalue weighted by Gasteiger charge is 2.00. The number of rotatable bonds is 16. The van der Waals surface area contributed by atoms with Crippen molar-refractivity contribution in [3.05, 3.63) is 0 Å². The van der Waals surface area contributed by atoms with Crippen molar-refractivity contribution in [2.75, 3.05) is 20.3 Å². The Bertz CT molecular complexity index is 219. The van der Waals surface area contributed by atoms with Crippen molar-refractivity contribution in [3.63, 3.8) is 0 Å². The van der Waals surface area contributed by atoms with Gasteiger partial charge in [-0.1, -0.05) is 71.1 Å². The summed E-state index contributed by atoms with van der Waals surface area (Å²) < 4.78 is 4.94. The van der Waals surface area contributed by atoms with E-state index in [1.54, 1.807) is 7.11 Å². The van der Waals surface area contributed by atoms with Crippen molar-refractivity contribution in [3.8, 4) is 0 Å². The van der Waals surface area contributed by atoms with E-state index in [0.29, 0.717) is 6.42 Å². The van der Waals surface area contributed by atoms with Gasteiger partial charge in [0.05, 0.1) is 0 Å². The largest absolute Gasteiger partial charge is 0.385 e. The van der Waals surface area contributed by atoms with E-state index in [2.05, 4.69) is 12.2 Å². The van der Waals surface area contributed by atoms with E-state index in [-0.39, 0.29) is 5.91 Å². The van der Waals surface area contributed by atoms with Crippen molar-refractivity contribution in [2.45, 2.75) is 90.4 Å². The fourth-order valence-corrected chi connectivity index (χ4v) is 2.48. The number of methoxy groups -OCH3 is 1. The molecule has 0 unspecified atom stereocenters. The van der Waals surface area contributed by atoms with Gasteiger partial charge in [0.25, 0.3) is 0 Å². The molecule has 0 saturated carbocycles. The van der Waals surface area contributed by atoms with E-state index in [4.69, 9.17) is 4.74 Å². The number of carbonyl (C=O) groups excluding carboxylic acids is 1. The first-order chi connectivity index (χ1) is 10.3. The van der Waals surface area contributed by atoms with Crippen molar-refractivity contribution in [1.82, 2.24) is 5.32 Å². The van der Waals surface area contributed by atoms with Gasteiger partial charge in [0.1, 0.15) is 0 Å². The Labute approximate surface area is 132 Å². The molecule has 0 rings (SSSR count). The van der Waals surface area contributed by atoms with Crippen LogP contribution in [-0.4, -0.2) is 26.2 Å². The third-order valence-electron chi connectivity index (χ3n) is 3.85. The lowest BCUT2D eigenvalue weighted by Gasteiger charge is -2.05. The summed E-state index contributed by atoms with van der Waals surface area (Å²) in [5.41, 5.74) is 0. The van der Waals surface area contributed by atoms with Gasteiger partial charge in [-0.05, 0) is 12.8 Å². The molecule has 0 bridgehead atoms. The van der Waals surface area contributed by atoms with Gasteiger partial charge in [-0.2, -0.15) is 0 Å². The van der Waals surface area contributed by atoms with Crippen molar-refractivity contribution < 1.29 is 9.53 Å². The van der Waals surface area contributed by atoms with Gasteiger partial charge in [-0.15, -0.1) is 0 Å². The minimum absolute atomic E-state index is 0.196. The highest BCUT2D eigenvalue weighted by Crippen LogP contribution is 2.11. The number of ether oxygens (including phenoxy) is 1. The van der Waals surface area contributed by atoms with Gasteiger partial charge in [0.2, 0.25) is 5.91 Å². The topological polar surface area (TPSA) is 38.3 Å². The number of carbonyl (C=O) groups is 1. The SMILES string of the molecule is CCCCCCCCCCCCCC(=O)NCCCOC. The molecule has 126 valence electrons. The van der Waals surface area contributed by atoms with E-state index in [1.165, 1.54) is 64.2 Å². The molecular weight excluding hydrogens is 262 g/mol. The van der Waals surface area contributed by atoms with Crippen LogP contribution in [0, 0.1) is 0 Å². The van der Waals surface area contributed by atoms with Gasteiger partial charge in [-0.25, -0.2) is 0 Å². The second-order valence-corrected chi connectivity index (χ2v) is 5.98. The van der Waals surface area contributed by atoms with Crippen LogP contribution >= 0.6 is 0 Å². The summed E-state index contributed by atoms with van der Waals surface area (Å²) in [6.07, 6.45) is 16.2. The van der Waals surface area contributed by atoms with E-state index in [1.807, 2.05) is 0 Å². The minimum atomic E-state index is 0.196. The van der Waals surface area contributed by atoms with Crippen molar-refractivity contribution in [2.24, 2.45) is 0 Å². The number of hydrogen-bond acceptors (Lipinski definition) is 2. The van der Waals surface area contributed by atoms with Gasteiger partial charge in [0.15, 0.2) is 0 Å². The third-order valence-corrected chi connectivity index (χ3v) is 3.85. The maximum atomic E-state index is 11.5. The Morgan fingerprint density at radius 2 is 1.33 bits per heavy atom. The van der Waals surface area contributed by atoms with Crippen LogP contribution in [0.15, 0.2) is 0 Å². The third kappa shape index (κ3) is 17.4. The Morgan fingerprint density at radius 1 is 0.810 bits per heavy atom. The molecule has 1 amide bonds. The second-order valence-electron chi connectivity index (χ2n) is 5.98. The molecule has 0 aromatic heterocycles. The summed E-state index contributed by atoms with van der Waals surface area (Å²) in [5, 5.41) is 2.93. The summed E-state index contributed by atoms with van der Waals surface area (Å²) in [6.45, 7) is 3.73. The van der Waals surface area contributed by atoms with Crippen molar-refractivity contribution >= 4 is 5.91 Å². The molecule has 0 saturated heterocycles. The maximum absolute atomic E-state index is 11.5. The fraction of sp³-hybridized carbons (Fsp3) is 0.944. The summed E-state index contributed by atoms with van der Waals surface area (Å²) in [7, 11) is 1.69. The number of hydrogen-bond donors (Lipinski definition) is 1. The van der Waals surface area contributed by atoms with Crippen molar-refractivity contribution in [1.29, 1.82) is 0 Å². The normalized spacial score (nSPS) is 10.8. The predicted octanol–water partition coefficient (Wildman–Crippen LogP) is 4.84. The fourth-order valence-electron chi connectivity index (χ4n) is 2.48. The Kier molecular flexibility index (Phi) is 17.0. The van der Waals surface area contributed by atoms with Crippen LogP contribution in [0.2, 0.25) is 0 Å². The molecule has 0 aliphatic carbocycles. The Morgan fingerprint density at radius 3 is 1.86 bits per heavy atom. The van der Waals surface area contributed by atoms with Crippen LogP contribution in [-0.2, 0) is 9.53 Å². The highest BCUT2D eigenvalue weighted by molar-refractivity contribution is 5.75. The monoisotopic (exact) mass is 299 g/mol. The molecule has 0 aromatic carbocycles. The van der Waals surface area contributed by atoms with E-state index in [9.17, 15) is 4.79 Å². The first-order valence-corrected chi connectivity index (χ1v) is 9.07. The molecule has 0 aromatic rings. The van der Waals surface area contributed by atoms with Gasteiger partial charge in [-0.3, -0.25) is 4.79 Å². The Hall–Kier alpha value is -0.570. The summed E-state index contributed by atoms with van der Waals surface area (Å²) in [4.78, 5) is 11.5. The molecule has 0 fully saturated rings. The van der Waals surface area contributed by atoms with E-state index in [0.717, 1.165) is 26.0 Å². The highest BCUT2D eigenvalue weighted by atomic mass is 16.5. The Balaban J connectivity index is 3.09. The molecule has 1 N–H and O–H groups in total. The molecule has 0 aliphatic rings. The van der Waals surface area contributed by atoms with Gasteiger partial charge < -0.3 is 10.1 Å². The van der Waals surface area contributed by atoms with E-state index >= 15 is 0 Å². The molecule has 0 aliphatic heterocycles. The zero-order valence-corrected chi connectivity index (χ0v) is 14.4. The lowest BCUT2D eigenvalue weighted by atomic mass is 10.1. The summed E-state index contributed by atoms with van der Waals surface area (Å²) >= 11 is 0.